The van der Waals surface area contributed by atoms with E-state index in [1.54, 1.807) is 19.1 Å². The molecule has 0 saturated carbocycles. The highest BCUT2D eigenvalue weighted by atomic mass is 16.8. The maximum Gasteiger partial charge on any atom is 0.337 e. The first kappa shape index (κ1) is 29.4. The molecular formula is C25H32O13. The largest absolute Gasteiger partial charge is 0.504 e. The van der Waals surface area contributed by atoms with Gasteiger partial charge in [0.15, 0.2) is 17.8 Å². The van der Waals surface area contributed by atoms with Crippen LogP contribution in [0.5, 0.6) is 11.5 Å². The monoisotopic (exact) mass is 540 g/mol. The Morgan fingerprint density at radius 1 is 1.08 bits per heavy atom. The number of allylic oxidation sites excluding steroid dienone is 1. The fourth-order valence-electron chi connectivity index (χ4n) is 4.16. The van der Waals surface area contributed by atoms with Crippen molar-refractivity contribution in [3.05, 3.63) is 47.2 Å². The molecule has 3 rings (SSSR count). The standard InChI is InChI=1S/C25H32O13/c1-3-13-14(9-19(29)35-7-6-12-4-5-16(27)17(28)8-12)15(23(33)34-2)11-36-24(13)38-25-22(32)21(31)20(30)18(10-26)37-25/h3-5,8,11,14,18,20-22,24-28,30-32H,6-7,9-10H2,1-2H3/t14?,18-,20-,21+,22-,24?,25+/m1/s1. The van der Waals surface area contributed by atoms with Crippen LogP contribution in [0, 0.1) is 5.92 Å². The van der Waals surface area contributed by atoms with E-state index in [1.807, 2.05) is 0 Å². The molecule has 210 valence electrons. The Labute approximate surface area is 218 Å². The first-order valence-corrected chi connectivity index (χ1v) is 11.8. The Bertz CT molecular complexity index is 1050. The number of phenols is 2. The lowest BCUT2D eigenvalue weighted by atomic mass is 9.86. The average Bonchev–Trinajstić information content (AvgIpc) is 2.90. The predicted molar refractivity (Wildman–Crippen MR) is 126 cm³/mol. The lowest BCUT2D eigenvalue weighted by molar-refractivity contribution is -0.327. The van der Waals surface area contributed by atoms with Gasteiger partial charge in [0, 0.05) is 17.9 Å². The number of hydrogen-bond acceptors (Lipinski definition) is 13. The third kappa shape index (κ3) is 6.62. The van der Waals surface area contributed by atoms with Gasteiger partial charge in [0.25, 0.3) is 0 Å². The maximum absolute atomic E-state index is 12.7. The highest BCUT2D eigenvalue weighted by Crippen LogP contribution is 2.36. The van der Waals surface area contributed by atoms with Crippen molar-refractivity contribution in [1.82, 2.24) is 0 Å². The third-order valence-corrected chi connectivity index (χ3v) is 6.29. The van der Waals surface area contributed by atoms with Crippen LogP contribution in [0.2, 0.25) is 0 Å². The van der Waals surface area contributed by atoms with Crippen LogP contribution in [-0.4, -0.2) is 99.9 Å². The molecule has 38 heavy (non-hydrogen) atoms. The van der Waals surface area contributed by atoms with Crippen LogP contribution in [0.15, 0.2) is 41.7 Å². The number of ether oxygens (including phenoxy) is 5. The summed E-state index contributed by atoms with van der Waals surface area (Å²) in [5.74, 6) is -2.89. The number of methoxy groups -OCH3 is 1. The minimum atomic E-state index is -1.69. The van der Waals surface area contributed by atoms with E-state index in [0.29, 0.717) is 11.1 Å². The minimum Gasteiger partial charge on any atom is -0.504 e. The Morgan fingerprint density at radius 3 is 2.45 bits per heavy atom. The zero-order valence-electron chi connectivity index (χ0n) is 20.8. The minimum absolute atomic E-state index is 0.00894. The highest BCUT2D eigenvalue weighted by molar-refractivity contribution is 5.90. The van der Waals surface area contributed by atoms with Crippen LogP contribution < -0.4 is 0 Å². The van der Waals surface area contributed by atoms with Crippen molar-refractivity contribution in [3.63, 3.8) is 0 Å². The summed E-state index contributed by atoms with van der Waals surface area (Å²) in [6, 6.07) is 4.23. The second-order valence-corrected chi connectivity index (χ2v) is 8.71. The Morgan fingerprint density at radius 2 is 1.82 bits per heavy atom. The number of aliphatic hydroxyl groups excluding tert-OH is 4. The summed E-state index contributed by atoms with van der Waals surface area (Å²) in [4.78, 5) is 25.1. The molecule has 1 fully saturated rings. The molecule has 2 aliphatic rings. The van der Waals surface area contributed by atoms with Crippen molar-refractivity contribution in [1.29, 1.82) is 0 Å². The lowest BCUT2D eigenvalue weighted by Gasteiger charge is -2.41. The molecular weight excluding hydrogens is 508 g/mol. The second kappa shape index (κ2) is 13.0. The van der Waals surface area contributed by atoms with Gasteiger partial charge in [-0.1, -0.05) is 12.1 Å². The molecule has 0 bridgehead atoms. The molecule has 0 radical (unpaired) electrons. The van der Waals surface area contributed by atoms with Gasteiger partial charge in [0.2, 0.25) is 6.29 Å². The first-order valence-electron chi connectivity index (χ1n) is 11.8. The number of phenolic OH excluding ortho intramolecular Hbond substituents is 2. The summed E-state index contributed by atoms with van der Waals surface area (Å²) in [6.07, 6.45) is -6.39. The number of esters is 2. The van der Waals surface area contributed by atoms with E-state index >= 15 is 0 Å². The number of hydrogen-bond donors (Lipinski definition) is 6. The molecule has 0 aliphatic carbocycles. The Balaban J connectivity index is 1.71. The topological polar surface area (TPSA) is 202 Å². The van der Waals surface area contributed by atoms with Crippen LogP contribution in [0.1, 0.15) is 18.9 Å². The van der Waals surface area contributed by atoms with Gasteiger partial charge in [-0.3, -0.25) is 4.79 Å². The molecule has 13 heteroatoms. The summed E-state index contributed by atoms with van der Waals surface area (Å²) in [6.45, 7) is 0.912. The zero-order valence-corrected chi connectivity index (χ0v) is 20.8. The van der Waals surface area contributed by atoms with Gasteiger partial charge in [-0.05, 0) is 24.6 Å². The summed E-state index contributed by atoms with van der Waals surface area (Å²) >= 11 is 0. The van der Waals surface area contributed by atoms with Crippen LogP contribution in [-0.2, 0) is 39.7 Å². The maximum atomic E-state index is 12.7. The van der Waals surface area contributed by atoms with Crippen molar-refractivity contribution in [2.75, 3.05) is 20.3 Å². The van der Waals surface area contributed by atoms with E-state index in [4.69, 9.17) is 23.7 Å². The smallest absolute Gasteiger partial charge is 0.337 e. The second-order valence-electron chi connectivity index (χ2n) is 8.71. The highest BCUT2D eigenvalue weighted by Gasteiger charge is 2.46. The molecule has 6 N–H and O–H groups in total. The number of benzene rings is 1. The van der Waals surface area contributed by atoms with Crippen molar-refractivity contribution in [3.8, 4) is 11.5 Å². The van der Waals surface area contributed by atoms with E-state index in [-0.39, 0.29) is 36.5 Å². The van der Waals surface area contributed by atoms with E-state index < -0.39 is 61.5 Å². The van der Waals surface area contributed by atoms with Gasteiger partial charge in [-0.15, -0.1) is 0 Å². The van der Waals surface area contributed by atoms with E-state index in [2.05, 4.69) is 0 Å². The van der Waals surface area contributed by atoms with E-state index in [1.165, 1.54) is 12.1 Å². The molecule has 2 heterocycles. The van der Waals surface area contributed by atoms with Crippen molar-refractivity contribution >= 4 is 11.9 Å². The Hall–Kier alpha value is -3.20. The molecule has 1 saturated heterocycles. The fraction of sp³-hybridized carbons (Fsp3) is 0.520. The van der Waals surface area contributed by atoms with E-state index in [0.717, 1.165) is 13.4 Å². The van der Waals surface area contributed by atoms with Crippen LogP contribution in [0.3, 0.4) is 0 Å². The van der Waals surface area contributed by atoms with Gasteiger partial charge < -0.3 is 54.3 Å². The van der Waals surface area contributed by atoms with Crippen molar-refractivity contribution in [2.24, 2.45) is 5.92 Å². The molecule has 13 nitrogen and oxygen atoms in total. The number of aromatic hydroxyl groups is 2. The molecule has 2 unspecified atom stereocenters. The number of aliphatic hydroxyl groups is 4. The van der Waals surface area contributed by atoms with Gasteiger partial charge in [-0.2, -0.15) is 0 Å². The van der Waals surface area contributed by atoms with Crippen LogP contribution in [0.4, 0.5) is 0 Å². The molecule has 1 aromatic carbocycles. The van der Waals surface area contributed by atoms with Gasteiger partial charge in [0.05, 0.1) is 38.6 Å². The van der Waals surface area contributed by atoms with Gasteiger partial charge in [-0.25, -0.2) is 4.79 Å². The molecule has 2 aliphatic heterocycles. The average molecular weight is 541 g/mol. The van der Waals surface area contributed by atoms with Crippen LogP contribution in [0.25, 0.3) is 0 Å². The molecule has 0 amide bonds. The quantitative estimate of drug-likeness (QED) is 0.131. The summed E-state index contributed by atoms with van der Waals surface area (Å²) in [7, 11) is 1.16. The summed E-state index contributed by atoms with van der Waals surface area (Å²) < 4.78 is 26.7. The third-order valence-electron chi connectivity index (χ3n) is 6.29. The van der Waals surface area contributed by atoms with Crippen molar-refractivity contribution in [2.45, 2.75) is 56.8 Å². The Kier molecular flexibility index (Phi) is 10.1. The molecule has 1 aromatic rings. The normalized spacial score (nSPS) is 30.3. The summed E-state index contributed by atoms with van der Waals surface area (Å²) in [5, 5.41) is 58.8. The lowest BCUT2D eigenvalue weighted by Crippen LogP contribution is -2.60. The summed E-state index contributed by atoms with van der Waals surface area (Å²) in [5.41, 5.74) is 0.927. The van der Waals surface area contributed by atoms with E-state index in [9.17, 15) is 40.2 Å². The van der Waals surface area contributed by atoms with Gasteiger partial charge >= 0.3 is 11.9 Å². The molecule has 0 aromatic heterocycles. The van der Waals surface area contributed by atoms with Crippen LogP contribution >= 0.6 is 0 Å². The zero-order chi connectivity index (χ0) is 28.0. The predicted octanol–water partition coefficient (Wildman–Crippen LogP) is -0.634. The molecule has 7 atom stereocenters. The van der Waals surface area contributed by atoms with Gasteiger partial charge in [0.1, 0.15) is 24.4 Å². The number of rotatable bonds is 9. The van der Waals surface area contributed by atoms with Crippen molar-refractivity contribution < 1.29 is 63.9 Å². The molecule has 0 spiro atoms. The fourth-order valence-corrected chi connectivity index (χ4v) is 4.16. The SMILES string of the molecule is CC=C1C(O[C@@H]2O[C@H](CO)[C@@H](O)[C@H](O)[C@H]2O)OC=C(C(=O)OC)C1CC(=O)OCCc1ccc(O)c(O)c1. The number of carbonyl (C=O) groups is 2. The first-order chi connectivity index (χ1) is 18.1. The number of carbonyl (C=O) groups excluding carboxylic acids is 2.